The minimum Gasteiger partial charge on any atom is -0.493 e. The van der Waals surface area contributed by atoms with Gasteiger partial charge in [-0.25, -0.2) is 0 Å². The van der Waals surface area contributed by atoms with E-state index in [1.165, 1.54) is 37.8 Å². The summed E-state index contributed by atoms with van der Waals surface area (Å²) < 4.78 is 10.9. The molecule has 1 aliphatic carbocycles. The van der Waals surface area contributed by atoms with Gasteiger partial charge < -0.3 is 14.4 Å². The van der Waals surface area contributed by atoms with Gasteiger partial charge in [-0.15, -0.1) is 0 Å². The van der Waals surface area contributed by atoms with Gasteiger partial charge >= 0.3 is 0 Å². The summed E-state index contributed by atoms with van der Waals surface area (Å²) in [5.41, 5.74) is 1.73. The van der Waals surface area contributed by atoms with Crippen molar-refractivity contribution in [1.29, 1.82) is 0 Å². The van der Waals surface area contributed by atoms with Gasteiger partial charge in [-0.05, 0) is 56.5 Å². The van der Waals surface area contributed by atoms with Gasteiger partial charge in [0.1, 0.15) is 0 Å². The molecule has 3 rings (SSSR count). The van der Waals surface area contributed by atoms with Crippen LogP contribution in [0.4, 0.5) is 0 Å². The lowest BCUT2D eigenvalue weighted by Crippen LogP contribution is -2.48. The number of methoxy groups -OCH3 is 2. The van der Waals surface area contributed by atoms with Crippen molar-refractivity contribution in [1.82, 2.24) is 4.90 Å². The van der Waals surface area contributed by atoms with Gasteiger partial charge in [0.2, 0.25) is 0 Å². The number of hydrogen-bond acceptors (Lipinski definition) is 3. The van der Waals surface area contributed by atoms with Gasteiger partial charge in [0.15, 0.2) is 11.5 Å². The van der Waals surface area contributed by atoms with Crippen LogP contribution in [0.1, 0.15) is 38.2 Å². The van der Waals surface area contributed by atoms with Crippen LogP contribution in [-0.4, -0.2) is 38.8 Å². The molecule has 21 heavy (non-hydrogen) atoms. The minimum atomic E-state index is 0.298. The quantitative estimate of drug-likeness (QED) is 0.850. The Labute approximate surface area is 128 Å². The summed E-state index contributed by atoms with van der Waals surface area (Å²) in [6.07, 6.45) is 5.24. The van der Waals surface area contributed by atoms with Crippen LogP contribution in [0.5, 0.6) is 11.5 Å². The molecule has 1 aromatic carbocycles. The van der Waals surface area contributed by atoms with E-state index < -0.39 is 0 Å². The number of nitrogens with zero attached hydrogens (tertiary/aromatic N) is 1. The first kappa shape index (κ1) is 14.7. The van der Waals surface area contributed by atoms with Crippen LogP contribution in [0, 0.1) is 5.92 Å². The molecule has 2 aliphatic rings. The van der Waals surface area contributed by atoms with Crippen LogP contribution < -0.4 is 9.47 Å². The molecule has 3 atom stereocenters. The third-order valence-electron chi connectivity index (χ3n) is 5.73. The standard InChI is InChI=1S/C18H27NO2/c1-13-6-5-9-18(10-11-19(2)17(13)18)14-7-8-15(20-3)16(12-14)21-4/h7-8,12-13,17H,5-6,9-11H2,1-4H3/t13-,17?,18+/m1/s1. The van der Waals surface area contributed by atoms with E-state index in [1.807, 2.05) is 0 Å². The third-order valence-corrected chi connectivity index (χ3v) is 5.73. The molecule has 1 aromatic rings. The molecule has 2 fully saturated rings. The highest BCUT2D eigenvalue weighted by molar-refractivity contribution is 5.46. The van der Waals surface area contributed by atoms with Crippen LogP contribution in [-0.2, 0) is 5.41 Å². The predicted octanol–water partition coefficient (Wildman–Crippen LogP) is 3.47. The first-order valence-corrected chi connectivity index (χ1v) is 8.05. The summed E-state index contributed by atoms with van der Waals surface area (Å²) in [6, 6.07) is 7.19. The van der Waals surface area contributed by atoms with E-state index in [-0.39, 0.29) is 0 Å². The molecule has 0 aromatic heterocycles. The molecule has 1 heterocycles. The molecule has 0 radical (unpaired) electrons. The van der Waals surface area contributed by atoms with Gasteiger partial charge in [0, 0.05) is 11.5 Å². The predicted molar refractivity (Wildman–Crippen MR) is 85.3 cm³/mol. The van der Waals surface area contributed by atoms with Gasteiger partial charge in [0.25, 0.3) is 0 Å². The number of benzene rings is 1. The van der Waals surface area contributed by atoms with Crippen LogP contribution in [0.15, 0.2) is 18.2 Å². The molecule has 3 heteroatoms. The van der Waals surface area contributed by atoms with Crippen molar-refractivity contribution in [2.75, 3.05) is 27.8 Å². The topological polar surface area (TPSA) is 21.7 Å². The molecule has 0 spiro atoms. The lowest BCUT2D eigenvalue weighted by Gasteiger charge is -2.45. The molecular weight excluding hydrogens is 262 g/mol. The second-order valence-electron chi connectivity index (χ2n) is 6.77. The molecule has 1 saturated carbocycles. The zero-order valence-electron chi connectivity index (χ0n) is 13.7. The van der Waals surface area contributed by atoms with E-state index in [4.69, 9.17) is 9.47 Å². The van der Waals surface area contributed by atoms with E-state index in [1.54, 1.807) is 14.2 Å². The van der Waals surface area contributed by atoms with E-state index in [0.29, 0.717) is 11.5 Å². The molecule has 0 amide bonds. The number of fused-ring (bicyclic) bond motifs is 1. The first-order chi connectivity index (χ1) is 10.1. The van der Waals surface area contributed by atoms with E-state index in [9.17, 15) is 0 Å². The first-order valence-electron chi connectivity index (χ1n) is 8.05. The van der Waals surface area contributed by atoms with Crippen LogP contribution in [0.2, 0.25) is 0 Å². The van der Waals surface area contributed by atoms with E-state index >= 15 is 0 Å². The number of rotatable bonds is 3. The van der Waals surface area contributed by atoms with E-state index in [2.05, 4.69) is 37.1 Å². The van der Waals surface area contributed by atoms with Crippen molar-refractivity contribution < 1.29 is 9.47 Å². The average molecular weight is 289 g/mol. The highest BCUT2D eigenvalue weighted by Crippen LogP contribution is 2.51. The molecule has 0 N–H and O–H groups in total. The molecule has 1 unspecified atom stereocenters. The van der Waals surface area contributed by atoms with Crippen LogP contribution >= 0.6 is 0 Å². The second kappa shape index (κ2) is 5.53. The Bertz CT molecular complexity index is 512. The highest BCUT2D eigenvalue weighted by atomic mass is 16.5. The van der Waals surface area contributed by atoms with Crippen LogP contribution in [0.25, 0.3) is 0 Å². The van der Waals surface area contributed by atoms with Crippen molar-refractivity contribution >= 4 is 0 Å². The number of ether oxygens (including phenoxy) is 2. The molecule has 1 saturated heterocycles. The van der Waals surface area contributed by atoms with Gasteiger partial charge in [0.05, 0.1) is 14.2 Å². The lowest BCUT2D eigenvalue weighted by atomic mass is 9.63. The second-order valence-corrected chi connectivity index (χ2v) is 6.77. The smallest absolute Gasteiger partial charge is 0.161 e. The Morgan fingerprint density at radius 3 is 2.62 bits per heavy atom. The van der Waals surface area contributed by atoms with Gasteiger partial charge in [-0.3, -0.25) is 0 Å². The molecule has 3 nitrogen and oxygen atoms in total. The molecular formula is C18H27NO2. The fraction of sp³-hybridized carbons (Fsp3) is 0.667. The Morgan fingerprint density at radius 1 is 1.14 bits per heavy atom. The molecule has 1 aliphatic heterocycles. The third kappa shape index (κ3) is 2.22. The van der Waals surface area contributed by atoms with Crippen molar-refractivity contribution in [3.63, 3.8) is 0 Å². The zero-order valence-corrected chi connectivity index (χ0v) is 13.7. The summed E-state index contributed by atoms with van der Waals surface area (Å²) in [6.45, 7) is 3.62. The Hall–Kier alpha value is -1.22. The summed E-state index contributed by atoms with van der Waals surface area (Å²) in [4.78, 5) is 2.57. The Kier molecular flexibility index (Phi) is 3.87. The average Bonchev–Trinajstić information content (AvgIpc) is 2.86. The fourth-order valence-corrected chi connectivity index (χ4v) is 4.84. The summed E-state index contributed by atoms with van der Waals surface area (Å²) in [5.74, 6) is 2.44. The van der Waals surface area contributed by atoms with Crippen molar-refractivity contribution in [2.45, 2.75) is 44.1 Å². The SMILES string of the molecule is COc1ccc([C@@]23CCC[C@@H](C)C2N(C)CC3)cc1OC. The molecule has 0 bridgehead atoms. The largest absolute Gasteiger partial charge is 0.493 e. The van der Waals surface area contributed by atoms with Gasteiger partial charge in [-0.1, -0.05) is 19.4 Å². The number of likely N-dealkylation sites (N-methyl/N-ethyl adjacent to an activating group) is 1. The Morgan fingerprint density at radius 2 is 1.90 bits per heavy atom. The van der Waals surface area contributed by atoms with Gasteiger partial charge in [-0.2, -0.15) is 0 Å². The maximum Gasteiger partial charge on any atom is 0.161 e. The minimum absolute atomic E-state index is 0.298. The number of likely N-dealkylation sites (tertiary alicyclic amines) is 1. The fourth-order valence-electron chi connectivity index (χ4n) is 4.84. The van der Waals surface area contributed by atoms with Crippen molar-refractivity contribution in [3.8, 4) is 11.5 Å². The van der Waals surface area contributed by atoms with Crippen molar-refractivity contribution in [3.05, 3.63) is 23.8 Å². The van der Waals surface area contributed by atoms with E-state index in [0.717, 1.165) is 17.4 Å². The molecule has 116 valence electrons. The monoisotopic (exact) mass is 289 g/mol. The van der Waals surface area contributed by atoms with Crippen molar-refractivity contribution in [2.24, 2.45) is 5.92 Å². The Balaban J connectivity index is 2.04. The summed E-state index contributed by atoms with van der Waals surface area (Å²) >= 11 is 0. The number of hydrogen-bond donors (Lipinski definition) is 0. The summed E-state index contributed by atoms with van der Waals surface area (Å²) in [7, 11) is 5.71. The highest BCUT2D eigenvalue weighted by Gasteiger charge is 2.51. The summed E-state index contributed by atoms with van der Waals surface area (Å²) in [5, 5.41) is 0. The normalized spacial score (nSPS) is 32.8. The lowest BCUT2D eigenvalue weighted by molar-refractivity contribution is 0.125. The zero-order chi connectivity index (χ0) is 15.0. The maximum absolute atomic E-state index is 5.53. The van der Waals surface area contributed by atoms with Crippen LogP contribution in [0.3, 0.4) is 0 Å². The maximum atomic E-state index is 5.53.